The van der Waals surface area contributed by atoms with Crippen LogP contribution in [0.2, 0.25) is 0 Å². The van der Waals surface area contributed by atoms with Crippen LogP contribution in [0, 0.1) is 5.92 Å². The van der Waals surface area contributed by atoms with Crippen molar-refractivity contribution in [1.29, 1.82) is 0 Å². The fraction of sp³-hybridized carbons (Fsp3) is 0.667. The molecule has 0 aliphatic heterocycles. The summed E-state index contributed by atoms with van der Waals surface area (Å²) in [5, 5.41) is 44.7. The number of aliphatic hydroxyl groups excluding tert-OH is 2. The summed E-state index contributed by atoms with van der Waals surface area (Å²) >= 11 is 0. The van der Waals surface area contributed by atoms with E-state index >= 15 is 0 Å². The maximum atomic E-state index is 12.6. The number of hydrogen-bond acceptors (Lipinski definition) is 9. The summed E-state index contributed by atoms with van der Waals surface area (Å²) in [6.45, 7) is 2.79. The Morgan fingerprint density at radius 1 is 0.848 bits per heavy atom. The van der Waals surface area contributed by atoms with Crippen molar-refractivity contribution >= 4 is 35.6 Å². The average molecular weight is 477 g/mol. The van der Waals surface area contributed by atoms with Crippen LogP contribution in [-0.4, -0.2) is 99.4 Å². The van der Waals surface area contributed by atoms with Gasteiger partial charge in [0, 0.05) is 0 Å². The lowest BCUT2D eigenvalue weighted by Gasteiger charge is -2.25. The molecule has 0 bridgehead atoms. The first-order chi connectivity index (χ1) is 15.2. The van der Waals surface area contributed by atoms with E-state index in [0.717, 1.165) is 0 Å². The largest absolute Gasteiger partial charge is 0.481 e. The lowest BCUT2D eigenvalue weighted by molar-refractivity contribution is -0.143. The zero-order valence-corrected chi connectivity index (χ0v) is 18.4. The number of hydrogen-bond donors (Lipinski definition) is 9. The second-order valence-electron chi connectivity index (χ2n) is 7.51. The topological polar surface area (TPSA) is 257 Å². The molecule has 0 aliphatic carbocycles. The second-order valence-corrected chi connectivity index (χ2v) is 7.51. The molecule has 33 heavy (non-hydrogen) atoms. The molecule has 0 saturated carbocycles. The van der Waals surface area contributed by atoms with Crippen LogP contribution in [0.4, 0.5) is 0 Å². The number of carbonyl (C=O) groups excluding carboxylic acids is 4. The number of nitrogens with one attached hydrogen (secondary N) is 4. The van der Waals surface area contributed by atoms with Crippen LogP contribution in [0.3, 0.4) is 0 Å². The molecular formula is C18H31N5O10. The van der Waals surface area contributed by atoms with Crippen molar-refractivity contribution in [3.05, 3.63) is 0 Å². The van der Waals surface area contributed by atoms with E-state index in [9.17, 15) is 33.9 Å². The Kier molecular flexibility index (Phi) is 12.6. The summed E-state index contributed by atoms with van der Waals surface area (Å²) in [5.74, 6) is -7.21. The van der Waals surface area contributed by atoms with Crippen molar-refractivity contribution < 1.29 is 49.2 Å². The highest BCUT2D eigenvalue weighted by Crippen LogP contribution is 2.04. The number of carbonyl (C=O) groups is 6. The minimum atomic E-state index is -1.61. The smallest absolute Gasteiger partial charge is 0.328 e. The maximum absolute atomic E-state index is 12.6. The Labute approximate surface area is 189 Å². The molecule has 10 N–H and O–H groups in total. The summed E-state index contributed by atoms with van der Waals surface area (Å²) < 4.78 is 0. The van der Waals surface area contributed by atoms with Gasteiger partial charge in [0.05, 0.1) is 25.7 Å². The fourth-order valence-electron chi connectivity index (χ4n) is 2.37. The highest BCUT2D eigenvalue weighted by atomic mass is 16.4. The molecule has 0 aromatic rings. The standard InChI is InChI=1S/C18H31N5O10/c1-7(2)14(17(31)20-5-11(26)21-10(6-24)18(32)33)23-15(29)9(4-12(27)28)22-16(30)13(19)8(3)25/h7-10,13-14,24-25H,4-6,19H2,1-3H3,(H,20,31)(H,21,26)(H,22,30)(H,23,29)(H,27,28)(H,32,33)/t8-,9+,10+,13+,14+/m1/s1. The minimum absolute atomic E-state index is 0.540. The van der Waals surface area contributed by atoms with Crippen molar-refractivity contribution in [2.75, 3.05) is 13.2 Å². The van der Waals surface area contributed by atoms with Crippen LogP contribution < -0.4 is 27.0 Å². The molecule has 188 valence electrons. The molecule has 0 spiro atoms. The SMILES string of the molecule is CC(C)[C@H](NC(=O)[C@H](CC(=O)O)NC(=O)[C@@H](N)[C@@H](C)O)C(=O)NCC(=O)N[C@@H](CO)C(=O)O. The first-order valence-corrected chi connectivity index (χ1v) is 9.88. The van der Waals surface area contributed by atoms with Gasteiger partial charge in [-0.2, -0.15) is 0 Å². The van der Waals surface area contributed by atoms with Gasteiger partial charge < -0.3 is 47.4 Å². The third-order valence-corrected chi connectivity index (χ3v) is 4.32. The van der Waals surface area contributed by atoms with E-state index in [1.165, 1.54) is 6.92 Å². The van der Waals surface area contributed by atoms with Gasteiger partial charge in [-0.25, -0.2) is 4.79 Å². The zero-order chi connectivity index (χ0) is 25.9. The van der Waals surface area contributed by atoms with Crippen LogP contribution in [0.25, 0.3) is 0 Å². The van der Waals surface area contributed by atoms with E-state index in [1.54, 1.807) is 13.8 Å². The van der Waals surface area contributed by atoms with Gasteiger partial charge in [0.1, 0.15) is 24.2 Å². The van der Waals surface area contributed by atoms with Gasteiger partial charge in [-0.3, -0.25) is 24.0 Å². The summed E-state index contributed by atoms with van der Waals surface area (Å²) in [6, 6.07) is -5.86. The molecular weight excluding hydrogens is 446 g/mol. The van der Waals surface area contributed by atoms with Crippen molar-refractivity contribution in [3.8, 4) is 0 Å². The van der Waals surface area contributed by atoms with Gasteiger partial charge in [0.2, 0.25) is 23.6 Å². The molecule has 0 unspecified atom stereocenters. The average Bonchev–Trinajstić information content (AvgIpc) is 2.71. The van der Waals surface area contributed by atoms with Crippen LogP contribution in [0.15, 0.2) is 0 Å². The molecule has 5 atom stereocenters. The first-order valence-electron chi connectivity index (χ1n) is 9.88. The predicted octanol–water partition coefficient (Wildman–Crippen LogP) is -4.53. The Morgan fingerprint density at radius 3 is 1.85 bits per heavy atom. The molecule has 0 aromatic carbocycles. The van der Waals surface area contributed by atoms with E-state index in [1.807, 2.05) is 5.32 Å². The second kappa shape index (κ2) is 14.0. The predicted molar refractivity (Wildman–Crippen MR) is 110 cm³/mol. The van der Waals surface area contributed by atoms with Crippen LogP contribution >= 0.6 is 0 Å². The van der Waals surface area contributed by atoms with Gasteiger partial charge in [0.15, 0.2) is 0 Å². The van der Waals surface area contributed by atoms with E-state index in [-0.39, 0.29) is 0 Å². The van der Waals surface area contributed by atoms with Crippen molar-refractivity contribution in [1.82, 2.24) is 21.3 Å². The lowest BCUT2D eigenvalue weighted by atomic mass is 10.0. The zero-order valence-electron chi connectivity index (χ0n) is 18.4. The molecule has 15 heteroatoms. The lowest BCUT2D eigenvalue weighted by Crippen LogP contribution is -2.59. The third kappa shape index (κ3) is 10.7. The molecule has 0 fully saturated rings. The summed E-state index contributed by atoms with van der Waals surface area (Å²) in [7, 11) is 0. The fourth-order valence-corrected chi connectivity index (χ4v) is 2.37. The quantitative estimate of drug-likeness (QED) is 0.115. The van der Waals surface area contributed by atoms with E-state index in [2.05, 4.69) is 16.0 Å². The van der Waals surface area contributed by atoms with E-state index in [0.29, 0.717) is 0 Å². The first kappa shape index (κ1) is 29.7. The van der Waals surface area contributed by atoms with Gasteiger partial charge in [-0.1, -0.05) is 13.8 Å². The minimum Gasteiger partial charge on any atom is -0.481 e. The summed E-state index contributed by atoms with van der Waals surface area (Å²) in [4.78, 5) is 70.7. The molecule has 0 radical (unpaired) electrons. The number of carboxylic acid groups (broad SMARTS) is 2. The van der Waals surface area contributed by atoms with E-state index in [4.69, 9.17) is 21.1 Å². The third-order valence-electron chi connectivity index (χ3n) is 4.32. The summed E-state index contributed by atoms with van der Waals surface area (Å²) in [6.07, 6.45) is -2.11. The van der Waals surface area contributed by atoms with Gasteiger partial charge in [-0.05, 0) is 12.8 Å². The van der Waals surface area contributed by atoms with Crippen LogP contribution in [0.1, 0.15) is 27.2 Å². The van der Waals surface area contributed by atoms with Crippen molar-refractivity contribution in [2.45, 2.75) is 57.5 Å². The van der Waals surface area contributed by atoms with Gasteiger partial charge >= 0.3 is 11.9 Å². The molecule has 0 aliphatic rings. The molecule has 0 heterocycles. The molecule has 0 saturated heterocycles. The highest BCUT2D eigenvalue weighted by Gasteiger charge is 2.32. The van der Waals surface area contributed by atoms with Crippen molar-refractivity contribution in [2.24, 2.45) is 11.7 Å². The Balaban J connectivity index is 5.21. The number of nitrogens with two attached hydrogens (primary N) is 1. The monoisotopic (exact) mass is 477 g/mol. The molecule has 0 rings (SSSR count). The molecule has 4 amide bonds. The van der Waals surface area contributed by atoms with Crippen LogP contribution in [-0.2, 0) is 28.8 Å². The molecule has 15 nitrogen and oxygen atoms in total. The highest BCUT2D eigenvalue weighted by molar-refractivity contribution is 5.96. The Hall–Kier alpha value is -3.30. The number of rotatable bonds is 14. The Morgan fingerprint density at radius 2 is 1.42 bits per heavy atom. The van der Waals surface area contributed by atoms with Gasteiger partial charge in [0.25, 0.3) is 0 Å². The van der Waals surface area contributed by atoms with Crippen molar-refractivity contribution in [3.63, 3.8) is 0 Å². The molecule has 0 aromatic heterocycles. The van der Waals surface area contributed by atoms with Crippen LogP contribution in [0.5, 0.6) is 0 Å². The van der Waals surface area contributed by atoms with Gasteiger partial charge in [-0.15, -0.1) is 0 Å². The number of carboxylic acids is 2. The maximum Gasteiger partial charge on any atom is 0.328 e. The van der Waals surface area contributed by atoms with E-state index < -0.39 is 91.3 Å². The number of amides is 4. The number of aliphatic hydroxyl groups is 2. The Bertz CT molecular complexity index is 742. The number of aliphatic carboxylic acids is 2. The summed E-state index contributed by atoms with van der Waals surface area (Å²) in [5.41, 5.74) is 5.47. The normalized spacial score (nSPS) is 15.4.